The maximum Gasteiger partial charge on any atom is 0.227 e. The van der Waals surface area contributed by atoms with Crippen LogP contribution in [0.15, 0.2) is 37.1 Å². The number of hydrogen-bond donors (Lipinski definition) is 1. The van der Waals surface area contributed by atoms with Gasteiger partial charge in [0.1, 0.15) is 0 Å². The molecule has 1 atom stereocenters. The van der Waals surface area contributed by atoms with Gasteiger partial charge >= 0.3 is 0 Å². The van der Waals surface area contributed by atoms with Crippen LogP contribution >= 0.6 is 0 Å². The van der Waals surface area contributed by atoms with Crippen LogP contribution in [0.25, 0.3) is 0 Å². The number of carbonyl (C=O) groups is 1. The van der Waals surface area contributed by atoms with Crippen molar-refractivity contribution in [2.75, 3.05) is 0 Å². The van der Waals surface area contributed by atoms with Gasteiger partial charge in [-0.2, -0.15) is 0 Å². The largest absolute Gasteiger partial charge is 0.326 e. The number of amides is 1. The lowest BCUT2D eigenvalue weighted by atomic mass is 9.98. The van der Waals surface area contributed by atoms with E-state index in [1.807, 2.05) is 6.92 Å². The molecule has 0 aromatic carbocycles. The third-order valence-electron chi connectivity index (χ3n) is 2.49. The van der Waals surface area contributed by atoms with E-state index in [2.05, 4.69) is 25.4 Å². The summed E-state index contributed by atoms with van der Waals surface area (Å²) in [7, 11) is 0. The van der Waals surface area contributed by atoms with E-state index in [1.54, 1.807) is 18.2 Å². The van der Waals surface area contributed by atoms with Gasteiger partial charge < -0.3 is 5.32 Å². The van der Waals surface area contributed by atoms with Crippen molar-refractivity contribution < 1.29 is 4.79 Å². The molecule has 0 spiro atoms. The van der Waals surface area contributed by atoms with Gasteiger partial charge in [-0.3, -0.25) is 4.79 Å². The fraction of sp³-hybridized carbons (Fsp3) is 0.500. The van der Waals surface area contributed by atoms with Crippen LogP contribution in [0.2, 0.25) is 0 Å². The molecular weight excluding hydrogens is 198 g/mol. The average molecular weight is 221 g/mol. The Kier molecular flexibility index (Phi) is 8.22. The minimum Gasteiger partial charge on any atom is -0.326 e. The molecular formula is C14H23NO. The lowest BCUT2D eigenvalue weighted by Crippen LogP contribution is -2.29. The first-order valence-electron chi connectivity index (χ1n) is 5.94. The van der Waals surface area contributed by atoms with Crippen LogP contribution in [0.1, 0.15) is 39.5 Å². The smallest absolute Gasteiger partial charge is 0.227 e. The maximum absolute atomic E-state index is 11.8. The highest BCUT2D eigenvalue weighted by molar-refractivity contribution is 5.80. The zero-order chi connectivity index (χ0) is 12.4. The van der Waals surface area contributed by atoms with E-state index in [0.29, 0.717) is 5.70 Å². The van der Waals surface area contributed by atoms with Crippen molar-refractivity contribution in [1.29, 1.82) is 0 Å². The predicted molar refractivity (Wildman–Crippen MR) is 69.9 cm³/mol. The van der Waals surface area contributed by atoms with Crippen LogP contribution in [0.5, 0.6) is 0 Å². The molecule has 0 aliphatic carbocycles. The topological polar surface area (TPSA) is 29.1 Å². The van der Waals surface area contributed by atoms with Gasteiger partial charge in [0.15, 0.2) is 0 Å². The maximum atomic E-state index is 11.8. The van der Waals surface area contributed by atoms with Gasteiger partial charge in [0, 0.05) is 11.6 Å². The van der Waals surface area contributed by atoms with Gasteiger partial charge in [0.2, 0.25) is 5.91 Å². The summed E-state index contributed by atoms with van der Waals surface area (Å²) in [5.74, 6) is 0.184. The van der Waals surface area contributed by atoms with Crippen LogP contribution < -0.4 is 5.32 Å². The quantitative estimate of drug-likeness (QED) is 0.624. The van der Waals surface area contributed by atoms with Gasteiger partial charge in [0.25, 0.3) is 0 Å². The number of hydrogen-bond acceptors (Lipinski definition) is 1. The van der Waals surface area contributed by atoms with Crippen molar-refractivity contribution in [2.24, 2.45) is 5.92 Å². The molecule has 0 rings (SSSR count). The molecule has 90 valence electrons. The van der Waals surface area contributed by atoms with E-state index in [0.717, 1.165) is 25.7 Å². The molecule has 2 heteroatoms. The van der Waals surface area contributed by atoms with E-state index in [1.165, 1.54) is 0 Å². The number of unbranched alkanes of at least 4 members (excludes halogenated alkanes) is 1. The SMILES string of the molecule is C=C/C=C\C(=C)NC(=O)C(CC)CCCC. The molecule has 0 heterocycles. The minimum absolute atomic E-state index is 0.0784. The third-order valence-corrected chi connectivity index (χ3v) is 2.49. The molecule has 0 aliphatic heterocycles. The van der Waals surface area contributed by atoms with Crippen molar-refractivity contribution in [3.05, 3.63) is 37.1 Å². The lowest BCUT2D eigenvalue weighted by molar-refractivity contribution is -0.124. The van der Waals surface area contributed by atoms with Gasteiger partial charge in [-0.1, -0.05) is 52.0 Å². The van der Waals surface area contributed by atoms with Crippen LogP contribution in [0.4, 0.5) is 0 Å². The Hall–Kier alpha value is -1.31. The summed E-state index contributed by atoms with van der Waals surface area (Å²) in [6.45, 7) is 11.5. The summed E-state index contributed by atoms with van der Waals surface area (Å²) in [5, 5.41) is 2.81. The molecule has 0 radical (unpaired) electrons. The Labute approximate surface area is 99.1 Å². The highest BCUT2D eigenvalue weighted by Crippen LogP contribution is 2.13. The Morgan fingerprint density at radius 1 is 1.44 bits per heavy atom. The summed E-state index contributed by atoms with van der Waals surface area (Å²) < 4.78 is 0. The standard InChI is InChI=1S/C14H23NO/c1-5-8-10-12(4)15-14(16)13(7-3)11-9-6-2/h5,8,10,13H,1,4,6-7,9,11H2,2-3H3,(H,15,16)/b10-8-. The van der Waals surface area contributed by atoms with Crippen molar-refractivity contribution in [2.45, 2.75) is 39.5 Å². The van der Waals surface area contributed by atoms with Crippen LogP contribution in [-0.2, 0) is 4.79 Å². The normalized spacial score (nSPS) is 12.4. The summed E-state index contributed by atoms with van der Waals surface area (Å²) in [6, 6.07) is 0. The summed E-state index contributed by atoms with van der Waals surface area (Å²) in [6.07, 6.45) is 9.22. The van der Waals surface area contributed by atoms with Crippen LogP contribution in [0.3, 0.4) is 0 Å². The first-order chi connectivity index (χ1) is 7.65. The van der Waals surface area contributed by atoms with E-state index in [9.17, 15) is 4.79 Å². The Bertz CT molecular complexity index is 266. The molecule has 0 saturated heterocycles. The van der Waals surface area contributed by atoms with Crippen molar-refractivity contribution >= 4 is 5.91 Å². The summed E-state index contributed by atoms with van der Waals surface area (Å²) >= 11 is 0. The first kappa shape index (κ1) is 14.7. The fourth-order valence-corrected chi connectivity index (χ4v) is 1.46. The zero-order valence-corrected chi connectivity index (χ0v) is 10.5. The molecule has 1 N–H and O–H groups in total. The van der Waals surface area contributed by atoms with Gasteiger partial charge in [-0.25, -0.2) is 0 Å². The number of allylic oxidation sites excluding steroid dienone is 3. The molecule has 0 aromatic heterocycles. The molecule has 1 amide bonds. The summed E-state index contributed by atoms with van der Waals surface area (Å²) in [5.41, 5.74) is 0.625. The van der Waals surface area contributed by atoms with E-state index < -0.39 is 0 Å². The summed E-state index contributed by atoms with van der Waals surface area (Å²) in [4.78, 5) is 11.8. The molecule has 0 aliphatic rings. The molecule has 0 aromatic rings. The van der Waals surface area contributed by atoms with Crippen LogP contribution in [-0.4, -0.2) is 5.91 Å². The van der Waals surface area contributed by atoms with Gasteiger partial charge in [-0.15, -0.1) is 0 Å². The van der Waals surface area contributed by atoms with E-state index in [4.69, 9.17) is 0 Å². The average Bonchev–Trinajstić information content (AvgIpc) is 2.27. The van der Waals surface area contributed by atoms with E-state index in [-0.39, 0.29) is 11.8 Å². The highest BCUT2D eigenvalue weighted by Gasteiger charge is 2.15. The molecule has 2 nitrogen and oxygen atoms in total. The first-order valence-corrected chi connectivity index (χ1v) is 5.94. The molecule has 1 unspecified atom stereocenters. The van der Waals surface area contributed by atoms with Crippen molar-refractivity contribution in [3.8, 4) is 0 Å². The number of rotatable bonds is 8. The van der Waals surface area contributed by atoms with Gasteiger partial charge in [0.05, 0.1) is 0 Å². The Morgan fingerprint density at radius 2 is 2.12 bits per heavy atom. The Morgan fingerprint density at radius 3 is 2.62 bits per heavy atom. The van der Waals surface area contributed by atoms with Crippen LogP contribution in [0, 0.1) is 5.92 Å². The highest BCUT2D eigenvalue weighted by atomic mass is 16.1. The molecule has 0 saturated carbocycles. The number of carbonyl (C=O) groups excluding carboxylic acids is 1. The molecule has 0 bridgehead atoms. The minimum atomic E-state index is 0.0784. The second-order valence-electron chi connectivity index (χ2n) is 3.86. The second-order valence-corrected chi connectivity index (χ2v) is 3.86. The molecule has 0 fully saturated rings. The lowest BCUT2D eigenvalue weighted by Gasteiger charge is -2.14. The third kappa shape index (κ3) is 6.23. The van der Waals surface area contributed by atoms with Gasteiger partial charge in [-0.05, 0) is 18.9 Å². The fourth-order valence-electron chi connectivity index (χ4n) is 1.46. The second kappa shape index (κ2) is 8.96. The van der Waals surface area contributed by atoms with Crippen molar-refractivity contribution in [1.82, 2.24) is 5.32 Å². The van der Waals surface area contributed by atoms with E-state index >= 15 is 0 Å². The van der Waals surface area contributed by atoms with Crippen molar-refractivity contribution in [3.63, 3.8) is 0 Å². The Balaban J connectivity index is 4.14. The number of nitrogens with one attached hydrogen (secondary N) is 1. The monoisotopic (exact) mass is 221 g/mol. The molecule has 16 heavy (non-hydrogen) atoms. The predicted octanol–water partition coefficient (Wildman–Crippen LogP) is 3.57. The zero-order valence-electron chi connectivity index (χ0n) is 10.5.